The number of para-hydroxylation sites is 2. The van der Waals surface area contributed by atoms with Crippen molar-refractivity contribution >= 4 is 43.6 Å². The molecule has 0 unspecified atom stereocenters. The van der Waals surface area contributed by atoms with E-state index < -0.39 is 18.1 Å². The first-order valence-electron chi connectivity index (χ1n) is 18.5. The lowest BCUT2D eigenvalue weighted by molar-refractivity contribution is 0.590. The minimum atomic E-state index is -0.473. The van der Waals surface area contributed by atoms with Crippen molar-refractivity contribution in [2.45, 2.75) is 52.4 Å². The smallest absolute Gasteiger partial charge is 0.0667 e. The Morgan fingerprint density at radius 1 is 0.475 bits per heavy atom. The van der Waals surface area contributed by atoms with E-state index in [0.717, 1.165) is 11.1 Å². The van der Waals surface area contributed by atoms with Crippen molar-refractivity contribution in [2.24, 2.45) is 0 Å². The third kappa shape index (κ3) is 3.78. The highest BCUT2D eigenvalue weighted by Crippen LogP contribution is 2.38. The van der Waals surface area contributed by atoms with Crippen LogP contribution in [-0.2, 0) is 10.8 Å². The molecule has 7 aromatic rings. The van der Waals surface area contributed by atoms with Gasteiger partial charge in [-0.15, -0.1) is 0 Å². The number of hydrogen-bond donors (Lipinski definition) is 0. The summed E-state index contributed by atoms with van der Waals surface area (Å²) in [4.78, 5) is 0. The second kappa shape index (κ2) is 8.60. The highest BCUT2D eigenvalue weighted by molar-refractivity contribution is 6.10. The summed E-state index contributed by atoms with van der Waals surface area (Å²) in [6.45, 7) is 12.3. The van der Waals surface area contributed by atoms with Crippen LogP contribution in [0.4, 0.5) is 0 Å². The maximum absolute atomic E-state index is 9.81. The van der Waals surface area contributed by atoms with Gasteiger partial charge in [0, 0.05) is 32.9 Å². The van der Waals surface area contributed by atoms with E-state index in [4.69, 9.17) is 9.60 Å². The predicted octanol–water partition coefficient (Wildman–Crippen LogP) is 10.5. The zero-order valence-corrected chi connectivity index (χ0v) is 23.5. The molecule has 0 bridgehead atoms. The van der Waals surface area contributed by atoms with Crippen LogP contribution in [0.1, 0.15) is 66.4 Å². The molecule has 2 heteroatoms. The Labute approximate surface area is 250 Å². The molecule has 0 amide bonds. The average molecular weight is 531 g/mol. The van der Waals surface area contributed by atoms with Crippen LogP contribution in [0.2, 0.25) is 0 Å². The summed E-state index contributed by atoms with van der Waals surface area (Å²) in [7, 11) is 0. The lowest BCUT2D eigenvalue weighted by Gasteiger charge is -2.20. The van der Waals surface area contributed by atoms with Gasteiger partial charge in [0.15, 0.2) is 0 Å². The van der Waals surface area contributed by atoms with Crippen molar-refractivity contribution in [3.63, 3.8) is 0 Å². The summed E-state index contributed by atoms with van der Waals surface area (Å²) >= 11 is 0. The number of aromatic nitrogens is 2. The quantitative estimate of drug-likeness (QED) is 0.210. The molecule has 0 fully saturated rings. The van der Waals surface area contributed by atoms with E-state index in [9.17, 15) is 4.11 Å². The average Bonchev–Trinajstić information content (AvgIpc) is 3.53. The topological polar surface area (TPSA) is 9.86 Å². The first kappa shape index (κ1) is 16.1. The van der Waals surface area contributed by atoms with Crippen molar-refractivity contribution in [1.82, 2.24) is 9.13 Å². The Morgan fingerprint density at radius 3 is 1.32 bits per heavy atom. The largest absolute Gasteiger partial charge is 0.309 e. The monoisotopic (exact) mass is 530 g/mol. The maximum Gasteiger partial charge on any atom is 0.0667 e. The Kier molecular flexibility index (Phi) is 3.46. The van der Waals surface area contributed by atoms with Gasteiger partial charge in [-0.1, -0.05) is 108 Å². The summed E-state index contributed by atoms with van der Waals surface area (Å²) in [6.07, 6.45) is 0. The van der Waals surface area contributed by atoms with Crippen LogP contribution in [0.15, 0.2) is 109 Å². The van der Waals surface area contributed by atoms with Gasteiger partial charge >= 0.3 is 0 Å². The Hall–Kier alpha value is -4.30. The minimum Gasteiger partial charge on any atom is -0.309 e. The molecule has 0 spiro atoms. The Morgan fingerprint density at radius 2 is 0.900 bits per heavy atom. The molecule has 0 aliphatic heterocycles. The third-order valence-electron chi connectivity index (χ3n) is 7.73. The van der Waals surface area contributed by atoms with Crippen molar-refractivity contribution in [3.8, 4) is 11.4 Å². The molecule has 2 nitrogen and oxygen atoms in total. The Bertz CT molecular complexity index is 2440. The van der Waals surface area contributed by atoms with Crippen LogP contribution < -0.4 is 0 Å². The summed E-state index contributed by atoms with van der Waals surface area (Å²) in [6, 6.07) is 11.5. The number of benzene rings is 5. The molecule has 0 aliphatic carbocycles. The van der Waals surface area contributed by atoms with Gasteiger partial charge in [0.25, 0.3) is 0 Å². The van der Waals surface area contributed by atoms with Gasteiger partial charge in [-0.3, -0.25) is 0 Å². The SMILES string of the molecule is [2H]c1cc2c3ccc(C(C)(C)C)cc3n(-c3c([2H])c([2H])c([2H])c(-n4c5cc(C(C)(C)C)ccc5c5cc([2H])c([2H])c([2H])c54)c3[2H])c2c([2H])c1[2H]. The van der Waals surface area contributed by atoms with Gasteiger partial charge in [0.1, 0.15) is 0 Å². The van der Waals surface area contributed by atoms with E-state index in [1.54, 1.807) is 9.13 Å². The molecule has 0 saturated carbocycles. The second-order valence-corrected chi connectivity index (χ2v) is 12.4. The van der Waals surface area contributed by atoms with Crippen LogP contribution >= 0.6 is 0 Å². The van der Waals surface area contributed by atoms with Crippen LogP contribution in [-0.4, -0.2) is 9.13 Å². The molecule has 0 N–H and O–H groups in total. The van der Waals surface area contributed by atoms with Crippen molar-refractivity contribution in [1.29, 1.82) is 0 Å². The van der Waals surface area contributed by atoms with Gasteiger partial charge < -0.3 is 9.13 Å². The number of hydrogen-bond acceptors (Lipinski definition) is 0. The first-order chi connectivity index (χ1) is 23.2. The standard InChI is InChI=1S/C38H36N2/c1-37(2,3)25-18-20-31-29-14-7-9-16-33(29)39(35(31)22-25)27-12-11-13-28(24-27)40-34-17-10-8-15-30(34)32-21-19-26(23-36(32)40)38(4,5)6/h7-24H,1-6H3/i7D,8D,9D,10D,11D,12D,13D,16D,17D,24D. The van der Waals surface area contributed by atoms with Gasteiger partial charge in [0.2, 0.25) is 0 Å². The van der Waals surface area contributed by atoms with Gasteiger partial charge in [0.05, 0.1) is 35.8 Å². The summed E-state index contributed by atoms with van der Waals surface area (Å²) in [5.41, 5.74) is 2.60. The molecule has 40 heavy (non-hydrogen) atoms. The van der Waals surface area contributed by atoms with E-state index in [2.05, 4.69) is 41.5 Å². The molecule has 0 radical (unpaired) electrons. The highest BCUT2D eigenvalue weighted by Gasteiger charge is 2.20. The lowest BCUT2D eigenvalue weighted by Crippen LogP contribution is -2.11. The van der Waals surface area contributed by atoms with Gasteiger partial charge in [-0.05, 0) is 64.3 Å². The first-order valence-corrected chi connectivity index (χ1v) is 13.5. The normalized spacial score (nSPS) is 16.2. The molecule has 0 atom stereocenters. The fourth-order valence-electron chi connectivity index (χ4n) is 5.52. The molecular formula is C38H36N2. The van der Waals surface area contributed by atoms with Crippen LogP contribution in [0.5, 0.6) is 0 Å². The third-order valence-corrected chi connectivity index (χ3v) is 7.73. The van der Waals surface area contributed by atoms with Crippen molar-refractivity contribution in [2.75, 3.05) is 0 Å². The summed E-state index contributed by atoms with van der Waals surface area (Å²) in [5, 5.41) is 2.29. The Balaban J connectivity index is 1.73. The van der Waals surface area contributed by atoms with Gasteiger partial charge in [-0.25, -0.2) is 0 Å². The molecule has 2 aromatic heterocycles. The van der Waals surface area contributed by atoms with E-state index in [-0.39, 0.29) is 75.5 Å². The van der Waals surface area contributed by atoms with E-state index in [1.165, 1.54) is 12.1 Å². The minimum absolute atomic E-state index is 0.0746. The molecule has 7 rings (SSSR count). The molecule has 0 aliphatic rings. The molecular weight excluding hydrogens is 484 g/mol. The molecule has 0 saturated heterocycles. The highest BCUT2D eigenvalue weighted by atomic mass is 15.0. The zero-order valence-electron chi connectivity index (χ0n) is 33.5. The summed E-state index contributed by atoms with van der Waals surface area (Å²) < 4.78 is 92.4. The number of nitrogens with zero attached hydrogens (tertiary/aromatic N) is 2. The summed E-state index contributed by atoms with van der Waals surface area (Å²) in [5.74, 6) is 0. The van der Waals surface area contributed by atoms with E-state index in [0.29, 0.717) is 32.6 Å². The molecule has 2 heterocycles. The van der Waals surface area contributed by atoms with Crippen LogP contribution in [0, 0.1) is 0 Å². The predicted molar refractivity (Wildman–Crippen MR) is 173 cm³/mol. The number of fused-ring (bicyclic) bond motifs is 6. The van der Waals surface area contributed by atoms with E-state index >= 15 is 0 Å². The second-order valence-electron chi connectivity index (χ2n) is 12.4. The number of rotatable bonds is 2. The lowest BCUT2D eigenvalue weighted by atomic mass is 9.86. The van der Waals surface area contributed by atoms with Crippen LogP contribution in [0.25, 0.3) is 55.0 Å². The van der Waals surface area contributed by atoms with Gasteiger partial charge in [-0.2, -0.15) is 0 Å². The van der Waals surface area contributed by atoms with Crippen LogP contribution in [0.3, 0.4) is 0 Å². The zero-order chi connectivity index (χ0) is 36.5. The van der Waals surface area contributed by atoms with Crippen molar-refractivity contribution in [3.05, 3.63) is 120 Å². The molecule has 198 valence electrons. The molecule has 5 aromatic carbocycles. The fourth-order valence-corrected chi connectivity index (χ4v) is 5.52. The van der Waals surface area contributed by atoms with E-state index in [1.807, 2.05) is 36.4 Å². The maximum atomic E-state index is 9.81. The fraction of sp³-hybridized carbons (Fsp3) is 0.211. The van der Waals surface area contributed by atoms with Crippen molar-refractivity contribution < 1.29 is 13.7 Å².